The molecule has 0 bridgehead atoms. The quantitative estimate of drug-likeness (QED) is 0.347. The van der Waals surface area contributed by atoms with Crippen molar-refractivity contribution in [2.45, 2.75) is 13.8 Å². The van der Waals surface area contributed by atoms with Crippen LogP contribution >= 0.6 is 0 Å². The zero-order chi connectivity index (χ0) is 5.70. The maximum absolute atomic E-state index is 3.87. The molecule has 0 aliphatic rings. The number of nitrogens with zero attached hydrogens (tertiary/aromatic N) is 2. The molecule has 0 aromatic heterocycles. The molecule has 40 valence electrons. The molecule has 0 aromatic rings. The fourth-order valence-electron chi connectivity index (χ4n) is 0.173. The van der Waals surface area contributed by atoms with Gasteiger partial charge < -0.3 is 0 Å². The smallest absolute Gasteiger partial charge is 0.109 e. The molecule has 0 heterocycles. The van der Waals surface area contributed by atoms with Gasteiger partial charge in [-0.25, -0.2) is 4.99 Å². The molecule has 0 aromatic carbocycles. The van der Waals surface area contributed by atoms with E-state index in [4.69, 9.17) is 0 Å². The van der Waals surface area contributed by atoms with Gasteiger partial charge in [0.25, 0.3) is 0 Å². The minimum absolute atomic E-state index is 1.03. The van der Waals surface area contributed by atoms with Crippen molar-refractivity contribution in [3.63, 3.8) is 0 Å². The Balaban J connectivity index is 3.46. The van der Waals surface area contributed by atoms with Crippen molar-refractivity contribution in [2.75, 3.05) is 7.05 Å². The van der Waals surface area contributed by atoms with Gasteiger partial charge in [-0.3, -0.25) is 4.99 Å². The molecule has 0 spiro atoms. The molecule has 0 radical (unpaired) electrons. The Labute approximate surface area is 44.0 Å². The highest BCUT2D eigenvalue weighted by Crippen LogP contribution is 1.67. The molecule has 0 unspecified atom stereocenters. The van der Waals surface area contributed by atoms with E-state index in [1.54, 1.807) is 7.05 Å². The topological polar surface area (TPSA) is 24.7 Å². The maximum atomic E-state index is 3.87. The van der Waals surface area contributed by atoms with Gasteiger partial charge in [0.1, 0.15) is 6.34 Å². The van der Waals surface area contributed by atoms with Gasteiger partial charge in [-0.05, 0) is 13.8 Å². The fraction of sp³-hybridized carbons (Fsp3) is 0.600. The maximum Gasteiger partial charge on any atom is 0.109 e. The second kappa shape index (κ2) is 3.53. The number of hydrogen-bond donors (Lipinski definition) is 0. The second-order valence-corrected chi connectivity index (χ2v) is 1.45. The van der Waals surface area contributed by atoms with Gasteiger partial charge in [0.05, 0.1) is 0 Å². The molecule has 0 fully saturated rings. The fourth-order valence-corrected chi connectivity index (χ4v) is 0.173. The largest absolute Gasteiger partial charge is 0.277 e. The first-order valence-corrected chi connectivity index (χ1v) is 2.19. The van der Waals surface area contributed by atoms with Crippen molar-refractivity contribution in [1.82, 2.24) is 0 Å². The predicted molar refractivity (Wildman–Crippen MR) is 33.2 cm³/mol. The summed E-state index contributed by atoms with van der Waals surface area (Å²) in [6.07, 6.45) is 1.54. The van der Waals surface area contributed by atoms with Crippen molar-refractivity contribution in [1.29, 1.82) is 0 Å². The van der Waals surface area contributed by atoms with Gasteiger partial charge in [-0.2, -0.15) is 0 Å². The van der Waals surface area contributed by atoms with Gasteiger partial charge in [0.2, 0.25) is 0 Å². The van der Waals surface area contributed by atoms with E-state index in [1.807, 2.05) is 13.8 Å². The lowest BCUT2D eigenvalue weighted by molar-refractivity contribution is 1.44. The zero-order valence-corrected chi connectivity index (χ0v) is 4.97. The Bertz CT molecular complexity index is 88.3. The van der Waals surface area contributed by atoms with E-state index < -0.39 is 0 Å². The SMILES string of the molecule is C/N=C\N=C(C)C. The average molecular weight is 98.1 g/mol. The van der Waals surface area contributed by atoms with Crippen LogP contribution in [0.4, 0.5) is 0 Å². The molecule has 0 rings (SSSR count). The monoisotopic (exact) mass is 98.1 g/mol. The lowest BCUT2D eigenvalue weighted by Gasteiger charge is -1.77. The Kier molecular flexibility index (Phi) is 3.19. The van der Waals surface area contributed by atoms with Crippen LogP contribution in [-0.2, 0) is 0 Å². The Morgan fingerprint density at radius 2 is 2.00 bits per heavy atom. The number of hydrogen-bond acceptors (Lipinski definition) is 1. The first kappa shape index (κ1) is 6.34. The molecule has 0 atom stereocenters. The Morgan fingerprint density at radius 3 is 2.14 bits per heavy atom. The summed E-state index contributed by atoms with van der Waals surface area (Å²) in [6.45, 7) is 3.86. The summed E-state index contributed by atoms with van der Waals surface area (Å²) in [5, 5.41) is 0. The van der Waals surface area contributed by atoms with Crippen LogP contribution in [0.1, 0.15) is 13.8 Å². The predicted octanol–water partition coefficient (Wildman–Crippen LogP) is 1.13. The summed E-state index contributed by atoms with van der Waals surface area (Å²) in [4.78, 5) is 7.53. The third-order valence-corrected chi connectivity index (χ3v) is 0.431. The van der Waals surface area contributed by atoms with E-state index in [-0.39, 0.29) is 0 Å². The van der Waals surface area contributed by atoms with E-state index in [1.165, 1.54) is 6.34 Å². The Hall–Kier alpha value is -0.660. The highest BCUT2D eigenvalue weighted by atomic mass is 14.8. The lowest BCUT2D eigenvalue weighted by Crippen LogP contribution is -1.78. The molecule has 2 nitrogen and oxygen atoms in total. The van der Waals surface area contributed by atoms with Crippen LogP contribution in [0.25, 0.3) is 0 Å². The molecule has 2 heteroatoms. The van der Waals surface area contributed by atoms with Crippen molar-refractivity contribution >= 4 is 12.1 Å². The van der Waals surface area contributed by atoms with Crippen molar-refractivity contribution in [3.8, 4) is 0 Å². The first-order valence-electron chi connectivity index (χ1n) is 2.19. The standard InChI is InChI=1S/C5H10N2/c1-5(2)7-4-6-3/h4H,1-3H3/b6-4-. The average Bonchev–Trinajstić information content (AvgIpc) is 1.61. The van der Waals surface area contributed by atoms with Gasteiger partial charge >= 0.3 is 0 Å². The van der Waals surface area contributed by atoms with Crippen LogP contribution < -0.4 is 0 Å². The third-order valence-electron chi connectivity index (χ3n) is 0.431. The molecule has 0 aliphatic carbocycles. The van der Waals surface area contributed by atoms with E-state index in [0.717, 1.165) is 5.71 Å². The molecule has 0 aliphatic heterocycles. The first-order chi connectivity index (χ1) is 3.27. The van der Waals surface area contributed by atoms with Gasteiger partial charge in [0, 0.05) is 12.8 Å². The highest BCUT2D eigenvalue weighted by molar-refractivity contribution is 5.86. The summed E-state index contributed by atoms with van der Waals surface area (Å²) in [5.74, 6) is 0. The summed E-state index contributed by atoms with van der Waals surface area (Å²) in [6, 6.07) is 0. The Morgan fingerprint density at radius 1 is 1.43 bits per heavy atom. The van der Waals surface area contributed by atoms with Gasteiger partial charge in [-0.15, -0.1) is 0 Å². The third kappa shape index (κ3) is 5.34. The van der Waals surface area contributed by atoms with E-state index >= 15 is 0 Å². The van der Waals surface area contributed by atoms with Crippen LogP contribution in [0.15, 0.2) is 9.98 Å². The molecular formula is C5H10N2. The molecule has 0 amide bonds. The van der Waals surface area contributed by atoms with Gasteiger partial charge in [0.15, 0.2) is 0 Å². The van der Waals surface area contributed by atoms with Crippen LogP contribution in [0.5, 0.6) is 0 Å². The van der Waals surface area contributed by atoms with Gasteiger partial charge in [-0.1, -0.05) is 0 Å². The molecular weight excluding hydrogens is 88.1 g/mol. The minimum Gasteiger partial charge on any atom is -0.277 e. The molecule has 0 N–H and O–H groups in total. The van der Waals surface area contributed by atoms with Crippen molar-refractivity contribution < 1.29 is 0 Å². The normalized spacial score (nSPS) is 9.57. The summed E-state index contributed by atoms with van der Waals surface area (Å²) >= 11 is 0. The minimum atomic E-state index is 1.03. The van der Waals surface area contributed by atoms with Crippen molar-refractivity contribution in [2.24, 2.45) is 9.98 Å². The van der Waals surface area contributed by atoms with E-state index in [9.17, 15) is 0 Å². The summed E-state index contributed by atoms with van der Waals surface area (Å²) < 4.78 is 0. The highest BCUT2D eigenvalue weighted by Gasteiger charge is 1.67. The van der Waals surface area contributed by atoms with Crippen LogP contribution in [0, 0.1) is 0 Å². The molecule has 0 saturated carbocycles. The van der Waals surface area contributed by atoms with Crippen LogP contribution in [-0.4, -0.2) is 19.1 Å². The van der Waals surface area contributed by atoms with Crippen molar-refractivity contribution in [3.05, 3.63) is 0 Å². The summed E-state index contributed by atoms with van der Waals surface area (Å²) in [5.41, 5.74) is 1.03. The van der Waals surface area contributed by atoms with Crippen LogP contribution in [0.2, 0.25) is 0 Å². The summed E-state index contributed by atoms with van der Waals surface area (Å²) in [7, 11) is 1.70. The zero-order valence-electron chi connectivity index (χ0n) is 4.97. The molecule has 0 saturated heterocycles. The lowest BCUT2D eigenvalue weighted by atomic mass is 10.5. The van der Waals surface area contributed by atoms with E-state index in [2.05, 4.69) is 9.98 Å². The second-order valence-electron chi connectivity index (χ2n) is 1.45. The number of aliphatic imine (C=N–C) groups is 2. The van der Waals surface area contributed by atoms with Crippen LogP contribution in [0.3, 0.4) is 0 Å². The molecule has 7 heavy (non-hydrogen) atoms. The number of rotatable bonds is 1. The van der Waals surface area contributed by atoms with E-state index in [0.29, 0.717) is 0 Å².